The first-order chi connectivity index (χ1) is 5.93. The largest absolute Gasteiger partial charge is 0.464 e. The molecule has 3 heteroatoms. The number of benzene rings is 1. The van der Waals surface area contributed by atoms with Gasteiger partial charge in [-0.1, -0.05) is 0 Å². The van der Waals surface area contributed by atoms with Crippen LogP contribution in [0.25, 0.3) is 22.0 Å². The number of hydrogen-bond donors (Lipinski definition) is 1. The van der Waals surface area contributed by atoms with Crippen LogP contribution < -0.4 is 0 Å². The highest BCUT2D eigenvalue weighted by Gasteiger charge is 2.00. The molecule has 0 unspecified atom stereocenters. The third-order valence-corrected chi connectivity index (χ3v) is 1.99. The van der Waals surface area contributed by atoms with Gasteiger partial charge in [-0.2, -0.15) is 0 Å². The molecule has 3 rings (SSSR count). The number of nitrogens with one attached hydrogen (secondary N) is 1. The number of aromatic nitrogens is 2. The minimum Gasteiger partial charge on any atom is -0.464 e. The smallest absolute Gasteiger partial charge is 0.136 e. The normalized spacial score (nSPS) is 11.3. The van der Waals surface area contributed by atoms with Crippen LogP contribution in [-0.2, 0) is 0 Å². The molecular formula is C9H6N2O. The highest BCUT2D eigenvalue weighted by molar-refractivity contribution is 5.91. The molecule has 0 amide bonds. The van der Waals surface area contributed by atoms with Gasteiger partial charge in [0.2, 0.25) is 0 Å². The van der Waals surface area contributed by atoms with Crippen molar-refractivity contribution in [1.29, 1.82) is 0 Å². The lowest BCUT2D eigenvalue weighted by molar-refractivity contribution is 0.616. The summed E-state index contributed by atoms with van der Waals surface area (Å²) < 4.78 is 5.24. The number of nitrogens with zero attached hydrogens (tertiary/aromatic N) is 1. The minimum absolute atomic E-state index is 0.884. The molecule has 1 aromatic carbocycles. The summed E-state index contributed by atoms with van der Waals surface area (Å²) >= 11 is 0. The molecule has 0 aliphatic heterocycles. The lowest BCUT2D eigenvalue weighted by Crippen LogP contribution is -1.68. The van der Waals surface area contributed by atoms with Gasteiger partial charge in [0, 0.05) is 11.5 Å². The van der Waals surface area contributed by atoms with E-state index in [1.54, 1.807) is 12.6 Å². The van der Waals surface area contributed by atoms with E-state index in [0.29, 0.717) is 0 Å². The zero-order valence-electron chi connectivity index (χ0n) is 6.24. The van der Waals surface area contributed by atoms with E-state index in [9.17, 15) is 0 Å². The molecule has 2 heterocycles. The number of H-pyrrole nitrogens is 1. The van der Waals surface area contributed by atoms with Gasteiger partial charge < -0.3 is 9.40 Å². The minimum atomic E-state index is 0.884. The van der Waals surface area contributed by atoms with E-state index in [0.717, 1.165) is 22.0 Å². The van der Waals surface area contributed by atoms with Crippen LogP contribution in [0, 0.1) is 0 Å². The number of aromatic amines is 1. The molecule has 0 aliphatic rings. The molecule has 0 radical (unpaired) electrons. The molecule has 0 atom stereocenters. The van der Waals surface area contributed by atoms with Crippen LogP contribution in [0.2, 0.25) is 0 Å². The zero-order chi connectivity index (χ0) is 7.97. The van der Waals surface area contributed by atoms with Crippen molar-refractivity contribution in [1.82, 2.24) is 9.97 Å². The quantitative estimate of drug-likeness (QED) is 0.545. The number of imidazole rings is 1. The van der Waals surface area contributed by atoms with Gasteiger partial charge in [-0.15, -0.1) is 0 Å². The average Bonchev–Trinajstić information content (AvgIpc) is 2.64. The molecule has 12 heavy (non-hydrogen) atoms. The maximum absolute atomic E-state index is 5.24. The van der Waals surface area contributed by atoms with Crippen molar-refractivity contribution in [2.75, 3.05) is 0 Å². The molecule has 3 nitrogen and oxygen atoms in total. The summed E-state index contributed by atoms with van der Waals surface area (Å²) in [7, 11) is 0. The van der Waals surface area contributed by atoms with Crippen LogP contribution in [-0.4, -0.2) is 9.97 Å². The van der Waals surface area contributed by atoms with E-state index >= 15 is 0 Å². The van der Waals surface area contributed by atoms with Crippen LogP contribution in [0.4, 0.5) is 0 Å². The van der Waals surface area contributed by atoms with Crippen molar-refractivity contribution < 1.29 is 4.42 Å². The fourth-order valence-corrected chi connectivity index (χ4v) is 1.39. The Morgan fingerprint density at radius 1 is 1.33 bits per heavy atom. The summed E-state index contributed by atoms with van der Waals surface area (Å²) in [5.74, 6) is 0. The standard InChI is InChI=1S/C9H6N2O/c1-2-12-9-4-8-7(3-6(1)9)10-5-11-8/h1-5H,(H,10,11). The lowest BCUT2D eigenvalue weighted by Gasteiger charge is -1.87. The lowest BCUT2D eigenvalue weighted by atomic mass is 10.2. The first-order valence-electron chi connectivity index (χ1n) is 3.74. The van der Waals surface area contributed by atoms with E-state index in [2.05, 4.69) is 9.97 Å². The Kier molecular flexibility index (Phi) is 0.913. The Morgan fingerprint density at radius 2 is 2.33 bits per heavy atom. The summed E-state index contributed by atoms with van der Waals surface area (Å²) in [5, 5.41) is 1.10. The average molecular weight is 158 g/mol. The van der Waals surface area contributed by atoms with Crippen LogP contribution in [0.5, 0.6) is 0 Å². The summed E-state index contributed by atoms with van der Waals surface area (Å²) in [6.07, 6.45) is 3.37. The van der Waals surface area contributed by atoms with Crippen molar-refractivity contribution in [3.05, 3.63) is 30.8 Å². The van der Waals surface area contributed by atoms with Gasteiger partial charge in [0.25, 0.3) is 0 Å². The Bertz CT molecular complexity index is 444. The van der Waals surface area contributed by atoms with Gasteiger partial charge in [-0.3, -0.25) is 0 Å². The van der Waals surface area contributed by atoms with E-state index in [1.807, 2.05) is 18.2 Å². The van der Waals surface area contributed by atoms with Crippen molar-refractivity contribution in [2.45, 2.75) is 0 Å². The fourth-order valence-electron chi connectivity index (χ4n) is 1.39. The Morgan fingerprint density at radius 3 is 3.33 bits per heavy atom. The molecular weight excluding hydrogens is 152 g/mol. The first kappa shape index (κ1) is 5.83. The topological polar surface area (TPSA) is 41.8 Å². The van der Waals surface area contributed by atoms with Crippen molar-refractivity contribution in [3.63, 3.8) is 0 Å². The van der Waals surface area contributed by atoms with E-state index in [1.165, 1.54) is 0 Å². The molecule has 0 spiro atoms. The molecule has 0 aliphatic carbocycles. The van der Waals surface area contributed by atoms with Gasteiger partial charge in [-0.05, 0) is 12.1 Å². The summed E-state index contributed by atoms with van der Waals surface area (Å²) in [6.45, 7) is 0. The molecule has 2 aromatic heterocycles. The highest BCUT2D eigenvalue weighted by atomic mass is 16.3. The molecule has 1 N–H and O–H groups in total. The summed E-state index contributed by atoms with van der Waals surface area (Å²) in [5.41, 5.74) is 2.87. The van der Waals surface area contributed by atoms with E-state index in [-0.39, 0.29) is 0 Å². The van der Waals surface area contributed by atoms with Gasteiger partial charge in [0.1, 0.15) is 5.58 Å². The second kappa shape index (κ2) is 1.88. The molecule has 0 saturated heterocycles. The number of hydrogen-bond acceptors (Lipinski definition) is 2. The summed E-state index contributed by atoms with van der Waals surface area (Å²) in [6, 6.07) is 5.90. The predicted octanol–water partition coefficient (Wildman–Crippen LogP) is 2.31. The van der Waals surface area contributed by atoms with Gasteiger partial charge in [0.05, 0.1) is 23.6 Å². The van der Waals surface area contributed by atoms with E-state index < -0.39 is 0 Å². The maximum atomic E-state index is 5.24. The van der Waals surface area contributed by atoms with Gasteiger partial charge in [-0.25, -0.2) is 4.98 Å². The highest BCUT2D eigenvalue weighted by Crippen LogP contribution is 2.20. The predicted molar refractivity (Wildman–Crippen MR) is 45.9 cm³/mol. The maximum Gasteiger partial charge on any atom is 0.136 e. The van der Waals surface area contributed by atoms with Crippen LogP contribution in [0.1, 0.15) is 0 Å². The number of rotatable bonds is 0. The summed E-state index contributed by atoms with van der Waals surface area (Å²) in [4.78, 5) is 7.18. The zero-order valence-corrected chi connectivity index (χ0v) is 6.24. The third-order valence-electron chi connectivity index (χ3n) is 1.99. The van der Waals surface area contributed by atoms with Crippen LogP contribution >= 0.6 is 0 Å². The SMILES string of the molecule is c1nc2cc3occc3cc2[nH]1. The second-order valence-electron chi connectivity index (χ2n) is 2.73. The van der Waals surface area contributed by atoms with E-state index in [4.69, 9.17) is 4.42 Å². The monoisotopic (exact) mass is 158 g/mol. The third kappa shape index (κ3) is 0.625. The molecule has 0 saturated carbocycles. The molecule has 58 valence electrons. The number of furan rings is 1. The molecule has 0 fully saturated rings. The Labute approximate surface area is 68.0 Å². The fraction of sp³-hybridized carbons (Fsp3) is 0. The van der Waals surface area contributed by atoms with Crippen molar-refractivity contribution in [2.24, 2.45) is 0 Å². The van der Waals surface area contributed by atoms with Crippen LogP contribution in [0.15, 0.2) is 35.2 Å². The number of fused-ring (bicyclic) bond motifs is 2. The van der Waals surface area contributed by atoms with Crippen molar-refractivity contribution in [3.8, 4) is 0 Å². The first-order valence-corrected chi connectivity index (χ1v) is 3.74. The second-order valence-corrected chi connectivity index (χ2v) is 2.73. The Hall–Kier alpha value is -1.77. The molecule has 3 aromatic rings. The van der Waals surface area contributed by atoms with Crippen LogP contribution in [0.3, 0.4) is 0 Å². The Balaban J connectivity index is 2.62. The van der Waals surface area contributed by atoms with Crippen molar-refractivity contribution >= 4 is 22.0 Å². The van der Waals surface area contributed by atoms with Gasteiger partial charge in [0.15, 0.2) is 0 Å². The molecule has 0 bridgehead atoms. The van der Waals surface area contributed by atoms with Gasteiger partial charge >= 0.3 is 0 Å².